The fraction of sp³-hybridized carbons (Fsp3) is 0.238. The van der Waals surface area contributed by atoms with E-state index >= 15 is 0 Å². The first-order valence-corrected chi connectivity index (χ1v) is 11.3. The first-order chi connectivity index (χ1) is 14.4. The standard InChI is InChI=1S/C21H22N4O3S2/c1-23(2)13-14-24(21-22-20-17(29-3)5-4-6-18(20)30-21)19(26)12-9-15-7-10-16(11-8-15)25(27)28/h4-12H,13-14H2,1-3H3. The average molecular weight is 443 g/mol. The van der Waals surface area contributed by atoms with Gasteiger partial charge in [-0.05, 0) is 56.3 Å². The largest absolute Gasteiger partial charge is 0.308 e. The number of aromatic nitrogens is 1. The van der Waals surface area contributed by atoms with Crippen LogP contribution >= 0.6 is 23.1 Å². The van der Waals surface area contributed by atoms with E-state index in [1.807, 2.05) is 43.5 Å². The van der Waals surface area contributed by atoms with Gasteiger partial charge in [0.15, 0.2) is 5.13 Å². The number of thiazole rings is 1. The first-order valence-electron chi connectivity index (χ1n) is 9.21. The van der Waals surface area contributed by atoms with Gasteiger partial charge in [-0.15, -0.1) is 11.8 Å². The number of amides is 1. The molecule has 0 atom stereocenters. The molecule has 9 heteroatoms. The van der Waals surface area contributed by atoms with Crippen molar-refractivity contribution in [3.05, 3.63) is 64.2 Å². The van der Waals surface area contributed by atoms with Crippen molar-refractivity contribution >= 4 is 56.1 Å². The Morgan fingerprint density at radius 1 is 1.20 bits per heavy atom. The van der Waals surface area contributed by atoms with E-state index < -0.39 is 4.92 Å². The smallest absolute Gasteiger partial charge is 0.269 e. The number of nitrogens with zero attached hydrogens (tertiary/aromatic N) is 4. The Balaban J connectivity index is 1.87. The van der Waals surface area contributed by atoms with Crippen molar-refractivity contribution in [2.24, 2.45) is 0 Å². The summed E-state index contributed by atoms with van der Waals surface area (Å²) in [7, 11) is 3.92. The number of nitro groups is 1. The third-order valence-electron chi connectivity index (χ3n) is 4.38. The Labute approximate surface area is 183 Å². The Morgan fingerprint density at radius 3 is 2.57 bits per heavy atom. The Kier molecular flexibility index (Phi) is 7.20. The monoisotopic (exact) mass is 442 g/mol. The van der Waals surface area contributed by atoms with E-state index in [9.17, 15) is 14.9 Å². The van der Waals surface area contributed by atoms with Crippen LogP contribution in [0.25, 0.3) is 16.3 Å². The quantitative estimate of drug-likeness (QED) is 0.221. The van der Waals surface area contributed by atoms with Gasteiger partial charge in [-0.3, -0.25) is 19.8 Å². The molecule has 156 valence electrons. The lowest BCUT2D eigenvalue weighted by Gasteiger charge is -2.20. The van der Waals surface area contributed by atoms with E-state index in [-0.39, 0.29) is 11.6 Å². The van der Waals surface area contributed by atoms with E-state index in [0.29, 0.717) is 18.2 Å². The number of benzene rings is 2. The zero-order valence-electron chi connectivity index (χ0n) is 16.9. The lowest BCUT2D eigenvalue weighted by Crippen LogP contribution is -2.35. The topological polar surface area (TPSA) is 79.6 Å². The van der Waals surface area contributed by atoms with Crippen LogP contribution in [0.4, 0.5) is 10.8 Å². The molecule has 7 nitrogen and oxygen atoms in total. The number of carbonyl (C=O) groups is 1. The van der Waals surface area contributed by atoms with Crippen molar-refractivity contribution in [1.29, 1.82) is 0 Å². The predicted octanol–water partition coefficient (Wildman–Crippen LogP) is 4.53. The third kappa shape index (κ3) is 5.24. The van der Waals surface area contributed by atoms with Gasteiger partial charge in [-0.25, -0.2) is 4.98 Å². The molecule has 1 aromatic heterocycles. The summed E-state index contributed by atoms with van der Waals surface area (Å²) in [4.78, 5) is 32.9. The summed E-state index contributed by atoms with van der Waals surface area (Å²) in [5.74, 6) is -0.181. The molecule has 1 heterocycles. The number of thioether (sulfide) groups is 1. The molecule has 0 aliphatic rings. The molecular formula is C21H22N4O3S2. The Hall–Kier alpha value is -2.75. The second-order valence-corrected chi connectivity index (χ2v) is 8.64. The van der Waals surface area contributed by atoms with Crippen molar-refractivity contribution in [2.45, 2.75) is 4.90 Å². The summed E-state index contributed by atoms with van der Waals surface area (Å²) in [6.45, 7) is 1.20. The average Bonchev–Trinajstić information content (AvgIpc) is 3.16. The van der Waals surface area contributed by atoms with Crippen LogP contribution in [0.5, 0.6) is 0 Å². The zero-order valence-corrected chi connectivity index (χ0v) is 18.6. The Bertz CT molecular complexity index is 1080. The summed E-state index contributed by atoms with van der Waals surface area (Å²) in [6, 6.07) is 12.1. The molecule has 0 spiro atoms. The molecule has 3 rings (SSSR count). The van der Waals surface area contributed by atoms with Gasteiger partial charge in [0.2, 0.25) is 0 Å². The number of rotatable bonds is 8. The molecule has 0 radical (unpaired) electrons. The highest BCUT2D eigenvalue weighted by atomic mass is 32.2. The van der Waals surface area contributed by atoms with Crippen molar-refractivity contribution in [3.8, 4) is 0 Å². The molecule has 0 aliphatic carbocycles. The van der Waals surface area contributed by atoms with Crippen LogP contribution in [-0.2, 0) is 4.79 Å². The number of nitro benzene ring substituents is 1. The maximum atomic E-state index is 13.0. The normalized spacial score (nSPS) is 11.5. The van der Waals surface area contributed by atoms with Crippen molar-refractivity contribution in [3.63, 3.8) is 0 Å². The molecule has 0 bridgehead atoms. The molecular weight excluding hydrogens is 420 g/mol. The lowest BCUT2D eigenvalue weighted by molar-refractivity contribution is -0.384. The van der Waals surface area contributed by atoms with Gasteiger partial charge in [-0.2, -0.15) is 0 Å². The molecule has 0 aliphatic heterocycles. The highest BCUT2D eigenvalue weighted by Crippen LogP contribution is 2.34. The number of hydrogen-bond acceptors (Lipinski definition) is 7. The fourth-order valence-electron chi connectivity index (χ4n) is 2.76. The van der Waals surface area contributed by atoms with E-state index in [1.54, 1.807) is 34.9 Å². The molecule has 30 heavy (non-hydrogen) atoms. The second-order valence-electron chi connectivity index (χ2n) is 6.78. The third-order valence-corrected chi connectivity index (χ3v) is 6.19. The molecule has 0 saturated carbocycles. The number of non-ortho nitro benzene ring substituents is 1. The summed E-state index contributed by atoms with van der Waals surface area (Å²) in [5.41, 5.74) is 1.65. The molecule has 2 aromatic carbocycles. The highest BCUT2D eigenvalue weighted by molar-refractivity contribution is 7.98. The molecule has 0 N–H and O–H groups in total. The Morgan fingerprint density at radius 2 is 1.93 bits per heavy atom. The minimum atomic E-state index is -0.447. The van der Waals surface area contributed by atoms with Gasteiger partial charge in [-0.1, -0.05) is 17.4 Å². The highest BCUT2D eigenvalue weighted by Gasteiger charge is 2.19. The van der Waals surface area contributed by atoms with Crippen LogP contribution in [0.3, 0.4) is 0 Å². The lowest BCUT2D eigenvalue weighted by atomic mass is 10.2. The minimum absolute atomic E-state index is 0.0187. The van der Waals surface area contributed by atoms with Gasteiger partial charge in [0.05, 0.1) is 15.1 Å². The maximum absolute atomic E-state index is 13.0. The number of likely N-dealkylation sites (N-methyl/N-ethyl adjacent to an activating group) is 1. The van der Waals surface area contributed by atoms with E-state index in [0.717, 1.165) is 20.7 Å². The summed E-state index contributed by atoms with van der Waals surface area (Å²) < 4.78 is 1.04. The van der Waals surface area contributed by atoms with Gasteiger partial charge < -0.3 is 4.90 Å². The summed E-state index contributed by atoms with van der Waals surface area (Å²) in [6.07, 6.45) is 5.16. The van der Waals surface area contributed by atoms with Crippen molar-refractivity contribution < 1.29 is 9.72 Å². The number of fused-ring (bicyclic) bond motifs is 1. The van der Waals surface area contributed by atoms with E-state index in [1.165, 1.54) is 29.5 Å². The van der Waals surface area contributed by atoms with Gasteiger partial charge in [0.25, 0.3) is 11.6 Å². The first kappa shape index (κ1) is 21.9. The molecule has 0 saturated heterocycles. The fourth-order valence-corrected chi connectivity index (χ4v) is 4.41. The SMILES string of the molecule is CSc1cccc2sc(N(CCN(C)C)C(=O)C=Cc3ccc([N+](=O)[O-])cc3)nc12. The summed E-state index contributed by atoms with van der Waals surface area (Å²) >= 11 is 3.13. The zero-order chi connectivity index (χ0) is 21.7. The number of carbonyl (C=O) groups excluding carboxylic acids is 1. The van der Waals surface area contributed by atoms with Crippen LogP contribution in [-0.4, -0.2) is 54.2 Å². The minimum Gasteiger partial charge on any atom is -0.308 e. The molecule has 0 fully saturated rings. The van der Waals surface area contributed by atoms with Gasteiger partial charge in [0.1, 0.15) is 0 Å². The molecule has 0 unspecified atom stereocenters. The van der Waals surface area contributed by atoms with Gasteiger partial charge in [0, 0.05) is 36.2 Å². The van der Waals surface area contributed by atoms with Crippen LogP contribution in [0.2, 0.25) is 0 Å². The number of anilines is 1. The number of hydrogen-bond donors (Lipinski definition) is 0. The summed E-state index contributed by atoms with van der Waals surface area (Å²) in [5, 5.41) is 11.4. The predicted molar refractivity (Wildman–Crippen MR) is 124 cm³/mol. The second kappa shape index (κ2) is 9.84. The van der Waals surface area contributed by atoms with Crippen LogP contribution in [0.1, 0.15) is 5.56 Å². The van der Waals surface area contributed by atoms with Crippen LogP contribution in [0.15, 0.2) is 53.4 Å². The van der Waals surface area contributed by atoms with Crippen molar-refractivity contribution in [1.82, 2.24) is 9.88 Å². The maximum Gasteiger partial charge on any atom is 0.269 e. The van der Waals surface area contributed by atoms with Crippen molar-refractivity contribution in [2.75, 3.05) is 38.3 Å². The number of para-hydroxylation sites is 1. The van der Waals surface area contributed by atoms with Crippen LogP contribution < -0.4 is 4.90 Å². The van der Waals surface area contributed by atoms with Gasteiger partial charge >= 0.3 is 0 Å². The van der Waals surface area contributed by atoms with E-state index in [2.05, 4.69) is 0 Å². The molecule has 3 aromatic rings. The van der Waals surface area contributed by atoms with E-state index in [4.69, 9.17) is 4.98 Å². The molecule has 1 amide bonds. The van der Waals surface area contributed by atoms with Crippen LogP contribution in [0, 0.1) is 10.1 Å².